The van der Waals surface area contributed by atoms with Crippen LogP contribution in [0, 0.1) is 0 Å². The van der Waals surface area contributed by atoms with Gasteiger partial charge in [-0.3, -0.25) is 4.79 Å². The summed E-state index contributed by atoms with van der Waals surface area (Å²) in [5.74, 6) is 1.05. The third kappa shape index (κ3) is 3.44. The van der Waals surface area contributed by atoms with Crippen LogP contribution in [0.1, 0.15) is 41.8 Å². The maximum atomic E-state index is 11.6. The molecule has 1 saturated carbocycles. The SMILES string of the molecule is CSCC[C@@H](N)c1nc(C(=O)NC2CC2)no1. The highest BCUT2D eigenvalue weighted by Gasteiger charge is 2.26. The number of nitrogens with two attached hydrogens (primary N) is 1. The van der Waals surface area contributed by atoms with E-state index in [0.29, 0.717) is 5.89 Å². The zero-order chi connectivity index (χ0) is 12.3. The van der Waals surface area contributed by atoms with Crippen molar-refractivity contribution >= 4 is 17.7 Å². The minimum Gasteiger partial charge on any atom is -0.346 e. The first-order valence-electron chi connectivity index (χ1n) is 5.59. The molecular formula is C10H16N4O2S. The van der Waals surface area contributed by atoms with Gasteiger partial charge in [-0.25, -0.2) is 0 Å². The zero-order valence-electron chi connectivity index (χ0n) is 9.68. The minimum atomic E-state index is -0.294. The molecule has 0 aromatic carbocycles. The molecule has 2 rings (SSSR count). The number of thioether (sulfide) groups is 1. The number of carbonyl (C=O) groups is 1. The lowest BCUT2D eigenvalue weighted by Gasteiger charge is -2.03. The van der Waals surface area contributed by atoms with Crippen LogP contribution in [0.25, 0.3) is 0 Å². The van der Waals surface area contributed by atoms with E-state index in [9.17, 15) is 4.79 Å². The van der Waals surface area contributed by atoms with Crippen LogP contribution >= 0.6 is 11.8 Å². The van der Waals surface area contributed by atoms with Crippen LogP contribution in [-0.4, -0.2) is 34.1 Å². The van der Waals surface area contributed by atoms with Crippen molar-refractivity contribution in [2.75, 3.05) is 12.0 Å². The van der Waals surface area contributed by atoms with Crippen LogP contribution in [-0.2, 0) is 0 Å². The second-order valence-corrected chi connectivity index (χ2v) is 5.08. The summed E-state index contributed by atoms with van der Waals surface area (Å²) < 4.78 is 4.99. The Morgan fingerprint density at radius 1 is 1.71 bits per heavy atom. The molecule has 0 unspecified atom stereocenters. The van der Waals surface area contributed by atoms with Gasteiger partial charge in [0.1, 0.15) is 0 Å². The van der Waals surface area contributed by atoms with Crippen molar-refractivity contribution in [3.63, 3.8) is 0 Å². The molecule has 7 heteroatoms. The van der Waals surface area contributed by atoms with Crippen molar-refractivity contribution in [3.05, 3.63) is 11.7 Å². The van der Waals surface area contributed by atoms with Gasteiger partial charge < -0.3 is 15.6 Å². The van der Waals surface area contributed by atoms with Gasteiger partial charge in [-0.2, -0.15) is 16.7 Å². The van der Waals surface area contributed by atoms with Crippen LogP contribution in [0.5, 0.6) is 0 Å². The van der Waals surface area contributed by atoms with Crippen LogP contribution in [0.15, 0.2) is 4.52 Å². The van der Waals surface area contributed by atoms with Gasteiger partial charge in [0, 0.05) is 6.04 Å². The summed E-state index contributed by atoms with van der Waals surface area (Å²) in [5, 5.41) is 6.44. The van der Waals surface area contributed by atoms with Crippen LogP contribution < -0.4 is 11.1 Å². The molecule has 1 aliphatic carbocycles. The fourth-order valence-corrected chi connectivity index (χ4v) is 1.81. The molecule has 0 aliphatic heterocycles. The van der Waals surface area contributed by atoms with E-state index in [-0.39, 0.29) is 23.8 Å². The lowest BCUT2D eigenvalue weighted by Crippen LogP contribution is -2.26. The summed E-state index contributed by atoms with van der Waals surface area (Å²) in [6, 6.07) is -0.00737. The Morgan fingerprint density at radius 2 is 2.47 bits per heavy atom. The number of hydrogen-bond acceptors (Lipinski definition) is 6. The normalized spacial score (nSPS) is 16.8. The van der Waals surface area contributed by atoms with E-state index in [1.165, 1.54) is 0 Å². The van der Waals surface area contributed by atoms with Gasteiger partial charge >= 0.3 is 0 Å². The standard InChI is InChI=1S/C10H16N4O2S/c1-17-5-4-7(11)10-13-8(14-16-10)9(15)12-6-2-3-6/h6-7H,2-5,11H2,1H3,(H,12,15)/t7-/m1/s1. The summed E-state index contributed by atoms with van der Waals surface area (Å²) in [6.07, 6.45) is 4.83. The topological polar surface area (TPSA) is 94.0 Å². The minimum absolute atomic E-state index is 0.0755. The highest BCUT2D eigenvalue weighted by atomic mass is 32.2. The highest BCUT2D eigenvalue weighted by Crippen LogP contribution is 2.19. The smallest absolute Gasteiger partial charge is 0.292 e. The molecule has 3 N–H and O–H groups in total. The molecule has 1 atom stereocenters. The number of nitrogens with zero attached hydrogens (tertiary/aromatic N) is 2. The van der Waals surface area contributed by atoms with E-state index in [4.69, 9.17) is 10.3 Å². The summed E-state index contributed by atoms with van der Waals surface area (Å²) >= 11 is 1.71. The summed E-state index contributed by atoms with van der Waals surface area (Å²) in [7, 11) is 0. The maximum Gasteiger partial charge on any atom is 0.292 e. The molecule has 94 valence electrons. The largest absolute Gasteiger partial charge is 0.346 e. The van der Waals surface area contributed by atoms with Crippen LogP contribution in [0.2, 0.25) is 0 Å². The van der Waals surface area contributed by atoms with Crippen LogP contribution in [0.4, 0.5) is 0 Å². The van der Waals surface area contributed by atoms with Gasteiger partial charge in [-0.1, -0.05) is 5.16 Å². The molecule has 1 amide bonds. The van der Waals surface area contributed by atoms with Gasteiger partial charge in [0.15, 0.2) is 0 Å². The Kier molecular flexibility index (Phi) is 4.01. The van der Waals surface area contributed by atoms with Gasteiger partial charge in [0.25, 0.3) is 11.7 Å². The van der Waals surface area contributed by atoms with E-state index in [2.05, 4.69) is 15.5 Å². The number of aromatic nitrogens is 2. The lowest BCUT2D eigenvalue weighted by atomic mass is 10.2. The number of amides is 1. The maximum absolute atomic E-state index is 11.6. The Balaban J connectivity index is 1.91. The number of carbonyl (C=O) groups excluding carboxylic acids is 1. The first kappa shape index (κ1) is 12.4. The van der Waals surface area contributed by atoms with E-state index in [0.717, 1.165) is 25.0 Å². The van der Waals surface area contributed by atoms with Crippen molar-refractivity contribution in [2.24, 2.45) is 5.73 Å². The van der Waals surface area contributed by atoms with Crippen molar-refractivity contribution in [2.45, 2.75) is 31.3 Å². The number of rotatable bonds is 6. The Morgan fingerprint density at radius 3 is 3.12 bits per heavy atom. The third-order valence-corrected chi connectivity index (χ3v) is 3.15. The molecule has 1 heterocycles. The van der Waals surface area contributed by atoms with Crippen molar-refractivity contribution in [3.8, 4) is 0 Å². The van der Waals surface area contributed by atoms with Gasteiger partial charge in [-0.05, 0) is 31.3 Å². The van der Waals surface area contributed by atoms with Crippen LogP contribution in [0.3, 0.4) is 0 Å². The average molecular weight is 256 g/mol. The molecule has 1 aromatic heterocycles. The molecule has 0 saturated heterocycles. The molecular weight excluding hydrogens is 240 g/mol. The number of hydrogen-bond donors (Lipinski definition) is 2. The molecule has 0 radical (unpaired) electrons. The highest BCUT2D eigenvalue weighted by molar-refractivity contribution is 7.98. The van der Waals surface area contributed by atoms with E-state index in [1.807, 2.05) is 6.26 Å². The molecule has 1 aliphatic rings. The monoisotopic (exact) mass is 256 g/mol. The lowest BCUT2D eigenvalue weighted by molar-refractivity contribution is 0.0937. The Bertz CT molecular complexity index is 391. The number of nitrogens with one attached hydrogen (secondary N) is 1. The van der Waals surface area contributed by atoms with E-state index in [1.54, 1.807) is 11.8 Å². The molecule has 6 nitrogen and oxygen atoms in total. The van der Waals surface area contributed by atoms with Gasteiger partial charge in [0.2, 0.25) is 5.89 Å². The van der Waals surface area contributed by atoms with Crippen molar-refractivity contribution in [1.82, 2.24) is 15.5 Å². The van der Waals surface area contributed by atoms with E-state index >= 15 is 0 Å². The van der Waals surface area contributed by atoms with Crippen molar-refractivity contribution < 1.29 is 9.32 Å². The van der Waals surface area contributed by atoms with Crippen molar-refractivity contribution in [1.29, 1.82) is 0 Å². The van der Waals surface area contributed by atoms with Gasteiger partial charge in [-0.15, -0.1) is 0 Å². The summed E-state index contributed by atoms with van der Waals surface area (Å²) in [4.78, 5) is 15.6. The second-order valence-electron chi connectivity index (χ2n) is 4.09. The fraction of sp³-hybridized carbons (Fsp3) is 0.700. The molecule has 0 spiro atoms. The molecule has 1 aromatic rings. The summed E-state index contributed by atoms with van der Waals surface area (Å²) in [6.45, 7) is 0. The predicted octanol–water partition coefficient (Wildman–Crippen LogP) is 0.715. The molecule has 0 bridgehead atoms. The molecule has 1 fully saturated rings. The first-order valence-corrected chi connectivity index (χ1v) is 6.99. The Hall–Kier alpha value is -1.08. The summed E-state index contributed by atoms with van der Waals surface area (Å²) in [5.41, 5.74) is 5.87. The Labute approximate surface area is 104 Å². The average Bonchev–Trinajstić information content (AvgIpc) is 2.99. The zero-order valence-corrected chi connectivity index (χ0v) is 10.5. The van der Waals surface area contributed by atoms with Gasteiger partial charge in [0.05, 0.1) is 6.04 Å². The first-order chi connectivity index (χ1) is 8.20. The predicted molar refractivity (Wildman–Crippen MR) is 64.7 cm³/mol. The quantitative estimate of drug-likeness (QED) is 0.778. The van der Waals surface area contributed by atoms with E-state index < -0.39 is 0 Å². The molecule has 17 heavy (non-hydrogen) atoms. The fourth-order valence-electron chi connectivity index (χ4n) is 1.32. The third-order valence-electron chi connectivity index (χ3n) is 2.51. The second kappa shape index (κ2) is 5.50.